The van der Waals surface area contributed by atoms with Crippen molar-refractivity contribution >= 4 is 32.4 Å². The fourth-order valence-corrected chi connectivity index (χ4v) is 4.98. The molecule has 4 rings (SSSR count). The molecule has 0 aliphatic carbocycles. The van der Waals surface area contributed by atoms with Crippen molar-refractivity contribution in [1.29, 1.82) is 0 Å². The quantitative estimate of drug-likeness (QED) is 0.475. The van der Waals surface area contributed by atoms with Crippen molar-refractivity contribution in [3.05, 3.63) is 29.9 Å². The van der Waals surface area contributed by atoms with Crippen molar-refractivity contribution < 1.29 is 18.5 Å². The first-order valence-electron chi connectivity index (χ1n) is 12.2. The molecule has 6 nitrogen and oxygen atoms in total. The number of nitrogens with zero attached hydrogens (tertiary/aromatic N) is 2. The van der Waals surface area contributed by atoms with Gasteiger partial charge in [0.25, 0.3) is 0 Å². The third-order valence-corrected chi connectivity index (χ3v) is 11.8. The SMILES string of the molecule is CC1OB(/C=C/c2nn(C3CCCCO3)c3ccc(O[Si](C)(C)C(C)(C)C)cc23)OC1(C)C. The molecule has 180 valence electrons. The molecule has 2 aliphatic rings. The highest BCUT2D eigenvalue weighted by atomic mass is 28.4. The van der Waals surface area contributed by atoms with Gasteiger partial charge in [-0.05, 0) is 82.4 Å². The fourth-order valence-electron chi connectivity index (χ4n) is 3.96. The maximum atomic E-state index is 6.60. The van der Waals surface area contributed by atoms with Crippen LogP contribution in [0.4, 0.5) is 0 Å². The zero-order valence-electron chi connectivity index (χ0n) is 21.5. The van der Waals surface area contributed by atoms with E-state index in [1.54, 1.807) is 0 Å². The average molecular weight is 470 g/mol. The molecule has 1 aromatic heterocycles. The summed E-state index contributed by atoms with van der Waals surface area (Å²) in [6.07, 6.45) is 5.24. The van der Waals surface area contributed by atoms with Crippen molar-refractivity contribution in [2.45, 2.75) is 96.9 Å². The van der Waals surface area contributed by atoms with Crippen LogP contribution >= 0.6 is 0 Å². The van der Waals surface area contributed by atoms with Gasteiger partial charge >= 0.3 is 7.12 Å². The molecule has 33 heavy (non-hydrogen) atoms. The summed E-state index contributed by atoms with van der Waals surface area (Å²) < 4.78 is 26.7. The van der Waals surface area contributed by atoms with Crippen molar-refractivity contribution in [2.75, 3.05) is 6.61 Å². The van der Waals surface area contributed by atoms with Gasteiger partial charge in [-0.3, -0.25) is 0 Å². The van der Waals surface area contributed by atoms with E-state index in [0.29, 0.717) is 0 Å². The van der Waals surface area contributed by atoms with Crippen LogP contribution in [0.1, 0.15) is 72.7 Å². The Bertz CT molecular complexity index is 1020. The van der Waals surface area contributed by atoms with Crippen LogP contribution in [-0.2, 0) is 14.0 Å². The zero-order valence-corrected chi connectivity index (χ0v) is 22.5. The molecule has 0 saturated carbocycles. The van der Waals surface area contributed by atoms with E-state index in [-0.39, 0.29) is 30.1 Å². The van der Waals surface area contributed by atoms with Crippen molar-refractivity contribution in [2.24, 2.45) is 0 Å². The van der Waals surface area contributed by atoms with Gasteiger partial charge in [0.1, 0.15) is 5.75 Å². The first-order chi connectivity index (χ1) is 15.4. The molecule has 1 aromatic carbocycles. The van der Waals surface area contributed by atoms with Crippen LogP contribution in [0, 0.1) is 0 Å². The minimum atomic E-state index is -1.95. The predicted molar refractivity (Wildman–Crippen MR) is 137 cm³/mol. The lowest BCUT2D eigenvalue weighted by Crippen LogP contribution is -2.43. The Morgan fingerprint density at radius 2 is 2.00 bits per heavy atom. The Kier molecular flexibility index (Phi) is 6.59. The molecule has 0 spiro atoms. The van der Waals surface area contributed by atoms with Crippen LogP contribution in [0.5, 0.6) is 5.75 Å². The number of hydrogen-bond acceptors (Lipinski definition) is 5. The van der Waals surface area contributed by atoms with E-state index < -0.39 is 8.32 Å². The lowest BCUT2D eigenvalue weighted by Gasteiger charge is -2.36. The second kappa shape index (κ2) is 8.87. The van der Waals surface area contributed by atoms with Crippen molar-refractivity contribution in [1.82, 2.24) is 9.78 Å². The number of hydrogen-bond donors (Lipinski definition) is 0. The summed E-state index contributed by atoms with van der Waals surface area (Å²) in [6.45, 7) is 18.3. The number of fused-ring (bicyclic) bond motifs is 1. The first-order valence-corrected chi connectivity index (χ1v) is 15.1. The first kappa shape index (κ1) is 24.5. The number of benzene rings is 1. The topological polar surface area (TPSA) is 54.7 Å². The summed E-state index contributed by atoms with van der Waals surface area (Å²) in [4.78, 5) is 0. The molecule has 8 heteroatoms. The highest BCUT2D eigenvalue weighted by molar-refractivity contribution is 6.74. The Morgan fingerprint density at radius 3 is 2.61 bits per heavy atom. The van der Waals surface area contributed by atoms with Crippen LogP contribution in [-0.4, -0.2) is 43.5 Å². The molecule has 0 N–H and O–H groups in total. The van der Waals surface area contributed by atoms with Gasteiger partial charge in [0, 0.05) is 12.0 Å². The minimum Gasteiger partial charge on any atom is -0.543 e. The Labute approximate surface area is 199 Å². The van der Waals surface area contributed by atoms with Crippen LogP contribution < -0.4 is 4.43 Å². The van der Waals surface area contributed by atoms with E-state index in [2.05, 4.69) is 65.9 Å². The summed E-state index contributed by atoms with van der Waals surface area (Å²) in [5, 5.41) is 6.15. The molecule has 2 unspecified atom stereocenters. The Balaban J connectivity index is 1.70. The molecule has 2 aromatic rings. The second-order valence-corrected chi connectivity index (χ2v) is 16.1. The fraction of sp³-hybridized carbons (Fsp3) is 0.640. The highest BCUT2D eigenvalue weighted by Crippen LogP contribution is 2.39. The van der Waals surface area contributed by atoms with Gasteiger partial charge in [-0.1, -0.05) is 26.7 Å². The maximum absolute atomic E-state index is 6.60. The summed E-state index contributed by atoms with van der Waals surface area (Å²) in [7, 11) is -2.33. The monoisotopic (exact) mass is 470 g/mol. The summed E-state index contributed by atoms with van der Waals surface area (Å²) in [5.74, 6) is 2.86. The number of ether oxygens (including phenoxy) is 1. The predicted octanol–water partition coefficient (Wildman–Crippen LogP) is 6.37. The number of rotatable bonds is 5. The lowest BCUT2D eigenvalue weighted by molar-refractivity contribution is -0.0367. The summed E-state index contributed by atoms with van der Waals surface area (Å²) in [5.41, 5.74) is 1.63. The van der Waals surface area contributed by atoms with E-state index in [9.17, 15) is 0 Å². The van der Waals surface area contributed by atoms with E-state index in [1.165, 1.54) is 0 Å². The molecular formula is C25H39BN2O4Si. The summed E-state index contributed by atoms with van der Waals surface area (Å²) in [6, 6.07) is 6.32. The Hall–Kier alpha value is -1.61. The van der Waals surface area contributed by atoms with E-state index in [4.69, 9.17) is 23.6 Å². The standard InChI is InChI=1S/C25H39BN2O4Si/c1-18-25(5,6)32-26(30-18)15-14-21-20-17-19(31-33(7,8)24(2,3)4)12-13-22(20)28(27-21)23-11-9-10-16-29-23/h12-15,17-18,23H,9-11,16H2,1-8H3/b15-14+. The third kappa shape index (κ3) is 5.09. The molecule has 0 amide bonds. The van der Waals surface area contributed by atoms with Gasteiger partial charge in [0.2, 0.25) is 8.32 Å². The van der Waals surface area contributed by atoms with Crippen LogP contribution in [0.15, 0.2) is 24.2 Å². The van der Waals surface area contributed by atoms with Crippen LogP contribution in [0.2, 0.25) is 18.1 Å². The van der Waals surface area contributed by atoms with Gasteiger partial charge in [-0.2, -0.15) is 5.10 Å². The second-order valence-electron chi connectivity index (χ2n) is 11.4. The lowest BCUT2D eigenvalue weighted by atomic mass is 9.89. The third-order valence-electron chi connectivity index (χ3n) is 7.46. The zero-order chi connectivity index (χ0) is 24.0. The minimum absolute atomic E-state index is 0.0293. The maximum Gasteiger partial charge on any atom is 0.486 e. The molecule has 0 bridgehead atoms. The molecule has 3 heterocycles. The smallest absolute Gasteiger partial charge is 0.486 e. The highest BCUT2D eigenvalue weighted by Gasteiger charge is 2.41. The van der Waals surface area contributed by atoms with Gasteiger partial charge in [-0.15, -0.1) is 0 Å². The summed E-state index contributed by atoms with van der Waals surface area (Å²) >= 11 is 0. The molecule has 2 aliphatic heterocycles. The van der Waals surface area contributed by atoms with Crippen molar-refractivity contribution in [3.8, 4) is 5.75 Å². The van der Waals surface area contributed by atoms with Gasteiger partial charge in [-0.25, -0.2) is 4.68 Å². The van der Waals surface area contributed by atoms with Gasteiger partial charge in [0.05, 0.1) is 22.9 Å². The van der Waals surface area contributed by atoms with Gasteiger partial charge < -0.3 is 18.5 Å². The molecular weight excluding hydrogens is 431 g/mol. The van der Waals surface area contributed by atoms with E-state index >= 15 is 0 Å². The normalized spacial score (nSPS) is 24.2. The van der Waals surface area contributed by atoms with Gasteiger partial charge in [0.15, 0.2) is 6.23 Å². The molecule has 2 atom stereocenters. The van der Waals surface area contributed by atoms with Crippen molar-refractivity contribution in [3.63, 3.8) is 0 Å². The molecule has 2 saturated heterocycles. The molecule has 2 fully saturated rings. The number of aromatic nitrogens is 2. The van der Waals surface area contributed by atoms with E-state index in [0.717, 1.165) is 48.2 Å². The largest absolute Gasteiger partial charge is 0.543 e. The average Bonchev–Trinajstić information content (AvgIpc) is 3.21. The Morgan fingerprint density at radius 1 is 1.24 bits per heavy atom. The van der Waals surface area contributed by atoms with E-state index in [1.807, 2.05) is 23.7 Å². The molecule has 0 radical (unpaired) electrons. The van der Waals surface area contributed by atoms with Crippen LogP contribution in [0.3, 0.4) is 0 Å². The van der Waals surface area contributed by atoms with Crippen LogP contribution in [0.25, 0.3) is 17.0 Å².